The van der Waals surface area contributed by atoms with E-state index in [1.54, 1.807) is 13.3 Å². The van der Waals surface area contributed by atoms with E-state index in [0.29, 0.717) is 11.5 Å². The van der Waals surface area contributed by atoms with E-state index in [4.69, 9.17) is 4.74 Å². The molecule has 1 saturated heterocycles. The van der Waals surface area contributed by atoms with Gasteiger partial charge in [-0.3, -0.25) is 4.79 Å². The van der Waals surface area contributed by atoms with Gasteiger partial charge >= 0.3 is 0 Å². The van der Waals surface area contributed by atoms with Gasteiger partial charge in [-0.05, 0) is 30.9 Å². The van der Waals surface area contributed by atoms with Crippen molar-refractivity contribution in [3.05, 3.63) is 23.9 Å². The van der Waals surface area contributed by atoms with Gasteiger partial charge in [0, 0.05) is 38.6 Å². The molecule has 1 aromatic rings. The lowest BCUT2D eigenvalue weighted by Gasteiger charge is -2.32. The molecule has 0 aliphatic carbocycles. The van der Waals surface area contributed by atoms with E-state index < -0.39 is 0 Å². The van der Waals surface area contributed by atoms with Crippen LogP contribution in [0.1, 0.15) is 23.2 Å². The monoisotopic (exact) mass is 234 g/mol. The summed E-state index contributed by atoms with van der Waals surface area (Å²) in [5, 5.41) is 0. The second kappa shape index (κ2) is 5.77. The van der Waals surface area contributed by atoms with Crippen molar-refractivity contribution in [2.75, 3.05) is 31.7 Å². The van der Waals surface area contributed by atoms with Crippen molar-refractivity contribution in [3.63, 3.8) is 0 Å². The largest absolute Gasteiger partial charge is 0.384 e. The van der Waals surface area contributed by atoms with Crippen molar-refractivity contribution < 1.29 is 9.53 Å². The van der Waals surface area contributed by atoms with Crippen LogP contribution in [0.2, 0.25) is 0 Å². The van der Waals surface area contributed by atoms with Crippen molar-refractivity contribution in [2.45, 2.75) is 12.8 Å². The third-order valence-corrected chi connectivity index (χ3v) is 3.25. The minimum Gasteiger partial charge on any atom is -0.384 e. The molecule has 1 fully saturated rings. The zero-order valence-electron chi connectivity index (χ0n) is 10.1. The Morgan fingerprint density at radius 1 is 1.47 bits per heavy atom. The van der Waals surface area contributed by atoms with Crippen LogP contribution in [-0.2, 0) is 4.74 Å². The second-order valence-electron chi connectivity index (χ2n) is 4.45. The number of piperidine rings is 1. The summed E-state index contributed by atoms with van der Waals surface area (Å²) in [7, 11) is 1.76. The van der Waals surface area contributed by atoms with Gasteiger partial charge in [-0.2, -0.15) is 0 Å². The molecular formula is C13H18N2O2. The van der Waals surface area contributed by atoms with Crippen LogP contribution in [0.3, 0.4) is 0 Å². The van der Waals surface area contributed by atoms with Crippen molar-refractivity contribution in [1.82, 2.24) is 4.98 Å². The van der Waals surface area contributed by atoms with Crippen molar-refractivity contribution in [2.24, 2.45) is 5.92 Å². The lowest BCUT2D eigenvalue weighted by Crippen LogP contribution is -2.35. The SMILES string of the molecule is COCC1CCN(c2ccc(C=O)cn2)CC1. The van der Waals surface area contributed by atoms with Crippen LogP contribution in [-0.4, -0.2) is 38.1 Å². The second-order valence-corrected chi connectivity index (χ2v) is 4.45. The smallest absolute Gasteiger partial charge is 0.151 e. The molecule has 0 spiro atoms. The molecule has 1 aliphatic rings. The number of ether oxygens (including phenoxy) is 1. The molecule has 0 unspecified atom stereocenters. The van der Waals surface area contributed by atoms with E-state index in [-0.39, 0.29) is 0 Å². The van der Waals surface area contributed by atoms with Gasteiger partial charge in [-0.15, -0.1) is 0 Å². The molecule has 0 atom stereocenters. The average Bonchev–Trinajstić information content (AvgIpc) is 2.40. The molecule has 4 nitrogen and oxygen atoms in total. The van der Waals surface area contributed by atoms with Crippen LogP contribution in [0.4, 0.5) is 5.82 Å². The predicted molar refractivity (Wildman–Crippen MR) is 66.4 cm³/mol. The highest BCUT2D eigenvalue weighted by atomic mass is 16.5. The summed E-state index contributed by atoms with van der Waals surface area (Å²) in [5.74, 6) is 1.64. The summed E-state index contributed by atoms with van der Waals surface area (Å²) in [4.78, 5) is 17.1. The van der Waals surface area contributed by atoms with E-state index in [0.717, 1.165) is 44.6 Å². The van der Waals surface area contributed by atoms with Crippen molar-refractivity contribution >= 4 is 12.1 Å². The van der Waals surface area contributed by atoms with Crippen LogP contribution in [0.15, 0.2) is 18.3 Å². The molecule has 2 rings (SSSR count). The number of aldehydes is 1. The van der Waals surface area contributed by atoms with E-state index >= 15 is 0 Å². The number of anilines is 1. The Hall–Kier alpha value is -1.42. The van der Waals surface area contributed by atoms with Gasteiger partial charge in [-0.25, -0.2) is 4.98 Å². The molecule has 0 aromatic carbocycles. The van der Waals surface area contributed by atoms with Gasteiger partial charge in [0.2, 0.25) is 0 Å². The fourth-order valence-corrected chi connectivity index (χ4v) is 2.22. The van der Waals surface area contributed by atoms with E-state index in [9.17, 15) is 4.79 Å². The number of carbonyl (C=O) groups is 1. The lowest BCUT2D eigenvalue weighted by molar-refractivity contribution is 0.112. The third kappa shape index (κ3) is 3.03. The molecule has 2 heterocycles. The zero-order valence-corrected chi connectivity index (χ0v) is 10.1. The normalized spacial score (nSPS) is 17.1. The maximum absolute atomic E-state index is 10.5. The lowest BCUT2D eigenvalue weighted by atomic mass is 9.98. The van der Waals surface area contributed by atoms with Crippen molar-refractivity contribution in [3.8, 4) is 0 Å². The summed E-state index contributed by atoms with van der Waals surface area (Å²) < 4.78 is 5.18. The van der Waals surface area contributed by atoms with Crippen molar-refractivity contribution in [1.29, 1.82) is 0 Å². The number of nitrogens with zero attached hydrogens (tertiary/aromatic N) is 2. The van der Waals surface area contributed by atoms with Crippen LogP contribution < -0.4 is 4.90 Å². The topological polar surface area (TPSA) is 42.4 Å². The molecule has 4 heteroatoms. The highest BCUT2D eigenvalue weighted by molar-refractivity contribution is 5.74. The molecule has 1 aliphatic heterocycles. The number of hydrogen-bond donors (Lipinski definition) is 0. The average molecular weight is 234 g/mol. The minimum atomic E-state index is 0.628. The van der Waals surface area contributed by atoms with Gasteiger partial charge in [0.15, 0.2) is 6.29 Å². The third-order valence-electron chi connectivity index (χ3n) is 3.25. The Labute approximate surface area is 102 Å². The molecule has 0 saturated carbocycles. The quantitative estimate of drug-likeness (QED) is 0.744. The molecule has 0 bridgehead atoms. The van der Waals surface area contributed by atoms with E-state index in [1.807, 2.05) is 12.1 Å². The Bertz CT molecular complexity index is 356. The maximum Gasteiger partial charge on any atom is 0.151 e. The number of pyridine rings is 1. The summed E-state index contributed by atoms with van der Waals surface area (Å²) in [6.07, 6.45) is 4.74. The Kier molecular flexibility index (Phi) is 4.09. The molecular weight excluding hydrogens is 216 g/mol. The molecule has 0 amide bonds. The summed E-state index contributed by atoms with van der Waals surface area (Å²) in [6, 6.07) is 3.73. The van der Waals surface area contributed by atoms with Gasteiger partial charge in [-0.1, -0.05) is 0 Å². The van der Waals surface area contributed by atoms with Crippen LogP contribution in [0.25, 0.3) is 0 Å². The zero-order chi connectivity index (χ0) is 12.1. The van der Waals surface area contributed by atoms with Crippen LogP contribution in [0, 0.1) is 5.92 Å². The van der Waals surface area contributed by atoms with E-state index in [1.165, 1.54) is 0 Å². The number of methoxy groups -OCH3 is 1. The fourth-order valence-electron chi connectivity index (χ4n) is 2.22. The van der Waals surface area contributed by atoms with Gasteiger partial charge in [0.05, 0.1) is 0 Å². The minimum absolute atomic E-state index is 0.628. The number of aromatic nitrogens is 1. The number of hydrogen-bond acceptors (Lipinski definition) is 4. The maximum atomic E-state index is 10.5. The Balaban J connectivity index is 1.93. The fraction of sp³-hybridized carbons (Fsp3) is 0.538. The molecule has 0 N–H and O–H groups in total. The number of carbonyl (C=O) groups excluding carboxylic acids is 1. The first-order valence-corrected chi connectivity index (χ1v) is 5.98. The highest BCUT2D eigenvalue weighted by Gasteiger charge is 2.19. The summed E-state index contributed by atoms with van der Waals surface area (Å²) in [5.41, 5.74) is 0.628. The molecule has 92 valence electrons. The van der Waals surface area contributed by atoms with Gasteiger partial charge in [0.25, 0.3) is 0 Å². The highest BCUT2D eigenvalue weighted by Crippen LogP contribution is 2.21. The summed E-state index contributed by atoms with van der Waals surface area (Å²) in [6.45, 7) is 2.88. The Morgan fingerprint density at radius 2 is 2.24 bits per heavy atom. The molecule has 17 heavy (non-hydrogen) atoms. The molecule has 0 radical (unpaired) electrons. The summed E-state index contributed by atoms with van der Waals surface area (Å²) >= 11 is 0. The standard InChI is InChI=1S/C13H18N2O2/c1-17-10-11-4-6-15(7-5-11)13-3-2-12(9-16)8-14-13/h2-3,8-9,11H,4-7,10H2,1H3. The van der Waals surface area contributed by atoms with Crippen LogP contribution in [0.5, 0.6) is 0 Å². The first-order valence-electron chi connectivity index (χ1n) is 5.98. The van der Waals surface area contributed by atoms with E-state index in [2.05, 4.69) is 9.88 Å². The molecule has 1 aromatic heterocycles. The predicted octanol–water partition coefficient (Wildman–Crippen LogP) is 1.76. The van der Waals surface area contributed by atoms with Gasteiger partial charge < -0.3 is 9.64 Å². The van der Waals surface area contributed by atoms with Gasteiger partial charge in [0.1, 0.15) is 5.82 Å². The first kappa shape index (κ1) is 12.0. The Morgan fingerprint density at radius 3 is 2.76 bits per heavy atom. The number of rotatable bonds is 4. The first-order chi connectivity index (χ1) is 8.33. The van der Waals surface area contributed by atoms with Crippen LogP contribution >= 0.6 is 0 Å².